The summed E-state index contributed by atoms with van der Waals surface area (Å²) in [6.45, 7) is 8.25. The number of unbranched alkanes of at least 4 members (excludes halogenated alkanes) is 8. The molecule has 2 heterocycles. The van der Waals surface area contributed by atoms with E-state index >= 15 is 0 Å². The van der Waals surface area contributed by atoms with Crippen LogP contribution in [0.5, 0.6) is 0 Å². The van der Waals surface area contributed by atoms with E-state index in [9.17, 15) is 213 Å². The van der Waals surface area contributed by atoms with Crippen molar-refractivity contribution in [2.45, 2.75) is 131 Å². The third-order valence-electron chi connectivity index (χ3n) is 15.1. The lowest BCUT2D eigenvalue weighted by Gasteiger charge is -2.08. The summed E-state index contributed by atoms with van der Waals surface area (Å²) in [5.41, 5.74) is -8.56. The molecule has 0 atom stereocenters. The van der Waals surface area contributed by atoms with E-state index in [-0.39, 0.29) is 40.2 Å². The Morgan fingerprint density at radius 3 is 0.642 bits per heavy atom. The Morgan fingerprint density at radius 2 is 0.460 bits per heavy atom. The highest BCUT2D eigenvalue weighted by Crippen LogP contribution is 2.30. The number of benzene rings is 6. The van der Waals surface area contributed by atoms with Gasteiger partial charge in [0, 0.05) is 69.3 Å². The normalized spacial score (nSPS) is 10.5. The van der Waals surface area contributed by atoms with Gasteiger partial charge in [0.1, 0.15) is 27.8 Å². The third-order valence-corrected chi connectivity index (χ3v) is 16.7. The first-order valence-electron chi connectivity index (χ1n) is 36.7. The molecule has 0 saturated carbocycles. The molecule has 59 heteroatoms. The van der Waals surface area contributed by atoms with Gasteiger partial charge < -0.3 is 0 Å². The van der Waals surface area contributed by atoms with Crippen LogP contribution in [0.3, 0.4) is 0 Å². The average molecular weight is 2050 g/mol. The van der Waals surface area contributed by atoms with Crippen LogP contribution in [0.2, 0.25) is 0 Å². The fraction of sp³-hybridized carbons (Fsp3) is 0.256. The third kappa shape index (κ3) is 36.7. The summed E-state index contributed by atoms with van der Waals surface area (Å²) in [4.78, 5) is 182. The van der Waals surface area contributed by atoms with E-state index < -0.39 is 268 Å². The van der Waals surface area contributed by atoms with Crippen molar-refractivity contribution < 1.29 is 213 Å². The molecule has 0 aliphatic carbocycles. The van der Waals surface area contributed by atoms with Gasteiger partial charge in [-0.1, -0.05) is 83.4 Å². The largest absolute Gasteiger partial charge is 0.471 e. The van der Waals surface area contributed by atoms with Crippen molar-refractivity contribution in [2.24, 2.45) is 0 Å². The second kappa shape index (κ2) is 56.0. The maximum Gasteiger partial charge on any atom is 0.471 e. The summed E-state index contributed by atoms with van der Waals surface area (Å²) < 4.78 is 395. The predicted octanol–water partition coefficient (Wildman–Crippen LogP) is 15.9. The van der Waals surface area contributed by atoms with Crippen molar-refractivity contribution >= 4 is 117 Å². The molecule has 0 unspecified atom stereocenters. The fourth-order valence-corrected chi connectivity index (χ4v) is 10.0. The standard InChI is InChI=1S/2C15H16F5NO2.C14H6F5NO2.2C11H3F5N2O2S.2C4H4F3NO2.C4H7NO2/c2*1-2-3-4-5-6-7-8(22)21-15(23)9-10(16)12(18)14(20)13(19)11(9)17;15-8-7(9(16)11(18)12(19)10(8)17)14(22)20-13(21)6-4-2-1-3-5-6;2*12-4-3(5(13)7(15)8(16)6(4)14)9(19)18-10(20)11-17-1-2-21-11;2*1-2(9)8-3(10)4(5,6)7;1-3(6)5-4(2)7/h2*2-7H2,1H3,(H,21,22,23);1-5H,(H,20,21,22);2*1-2H,(H,18,19,20);2*1H3,(H,8,9,10);1-2H3,(H,5,6,7). The Bertz CT molecular complexity index is 5390. The minimum Gasteiger partial charge on any atom is -0.297 e. The van der Waals surface area contributed by atoms with Crippen LogP contribution in [0, 0.1) is 145 Å². The smallest absolute Gasteiger partial charge is 0.297 e. The van der Waals surface area contributed by atoms with Gasteiger partial charge in [0.2, 0.25) is 64.5 Å². The molecule has 0 spiro atoms. The highest BCUT2D eigenvalue weighted by molar-refractivity contribution is 7.12. The Labute approximate surface area is 753 Å². The molecule has 16 amide bonds. The van der Waals surface area contributed by atoms with Crippen molar-refractivity contribution in [3.05, 3.63) is 242 Å². The van der Waals surface area contributed by atoms with Gasteiger partial charge in [-0.15, -0.1) is 22.7 Å². The number of rotatable bonds is 20. The second-order valence-electron chi connectivity index (χ2n) is 25.5. The minimum absolute atomic E-state index is 0.0280. The molecule has 137 heavy (non-hydrogen) atoms. The van der Waals surface area contributed by atoms with Crippen LogP contribution in [-0.4, -0.2) is 117 Å². The van der Waals surface area contributed by atoms with Crippen molar-refractivity contribution in [3.8, 4) is 0 Å². The lowest BCUT2D eigenvalue weighted by Crippen LogP contribution is -2.39. The van der Waals surface area contributed by atoms with E-state index in [1.54, 1.807) is 22.0 Å². The number of nitrogens with zero attached hydrogens (tertiary/aromatic N) is 2. The van der Waals surface area contributed by atoms with E-state index in [0.29, 0.717) is 12.8 Å². The molecule has 0 radical (unpaired) electrons. The summed E-state index contributed by atoms with van der Waals surface area (Å²) in [6.07, 6.45) is 0.497. The summed E-state index contributed by atoms with van der Waals surface area (Å²) >= 11 is 1.63. The van der Waals surface area contributed by atoms with E-state index in [4.69, 9.17) is 0 Å². The highest BCUT2D eigenvalue weighted by Gasteiger charge is 2.41. The van der Waals surface area contributed by atoms with Crippen molar-refractivity contribution in [1.82, 2.24) is 52.5 Å². The number of hydrogen-bond donors (Lipinski definition) is 8. The van der Waals surface area contributed by atoms with Crippen LogP contribution in [0.25, 0.3) is 0 Å². The second-order valence-corrected chi connectivity index (χ2v) is 27.2. The van der Waals surface area contributed by atoms with Crippen LogP contribution in [-0.2, 0) is 38.4 Å². The van der Waals surface area contributed by atoms with Gasteiger partial charge in [0.25, 0.3) is 47.3 Å². The first-order chi connectivity index (χ1) is 63.4. The Balaban J connectivity index is 0.000000802. The van der Waals surface area contributed by atoms with Crippen LogP contribution in [0.4, 0.5) is 136 Å². The summed E-state index contributed by atoms with van der Waals surface area (Å²) in [7, 11) is 0. The van der Waals surface area contributed by atoms with Gasteiger partial charge in [-0.25, -0.2) is 120 Å². The molecule has 26 nitrogen and oxygen atoms in total. The fourth-order valence-electron chi connectivity index (χ4n) is 8.95. The van der Waals surface area contributed by atoms with Crippen LogP contribution < -0.4 is 42.5 Å². The van der Waals surface area contributed by atoms with Crippen LogP contribution in [0.15, 0.2) is 53.5 Å². The molecule has 8 N–H and O–H groups in total. The SMILES string of the molecule is CC(=O)NC(=O)C(F)(F)F.CC(=O)NC(=O)C(F)(F)F.CC(=O)NC(C)=O.CCCCCCCC(=O)NC(=O)c1c(F)c(F)c(F)c(F)c1F.CCCCCCCC(=O)NC(=O)c1c(F)c(F)c(F)c(F)c1F.O=C(NC(=O)c1c(F)c(F)c(F)c(F)c1F)c1ccccc1.O=C(NC(=O)c1c(F)c(F)c(F)c(F)c1F)c1nccs1.O=C(NC(=O)c1c(F)c(F)c(F)c(F)c1F)c1nccs1. The first-order valence-corrected chi connectivity index (χ1v) is 38.4. The van der Waals surface area contributed by atoms with Crippen LogP contribution in [0.1, 0.15) is 200 Å². The molecule has 2 aromatic heterocycles. The maximum absolute atomic E-state index is 13.4. The van der Waals surface area contributed by atoms with Crippen molar-refractivity contribution in [2.75, 3.05) is 0 Å². The van der Waals surface area contributed by atoms with Gasteiger partial charge in [-0.05, 0) is 25.0 Å². The first kappa shape index (κ1) is 121. The monoisotopic (exact) mass is 2040 g/mol. The van der Waals surface area contributed by atoms with Crippen molar-refractivity contribution in [3.63, 3.8) is 0 Å². The number of nitrogens with one attached hydrogen (secondary N) is 8. The maximum atomic E-state index is 13.4. The quantitative estimate of drug-likeness (QED) is 0.0115. The Kier molecular flexibility index (Phi) is 49.3. The van der Waals surface area contributed by atoms with E-state index in [0.717, 1.165) is 98.5 Å². The number of thiazole rings is 2. The molecule has 0 aliphatic heterocycles. The predicted molar refractivity (Wildman–Crippen MR) is 403 cm³/mol. The van der Waals surface area contributed by atoms with Gasteiger partial charge in [-0.2, -0.15) is 26.3 Å². The molecule has 8 aromatic rings. The topological polar surface area (TPSA) is 395 Å². The summed E-state index contributed by atoms with van der Waals surface area (Å²) in [6, 6.07) is 7.07. The number of alkyl halides is 6. The molecule has 8 rings (SSSR count). The van der Waals surface area contributed by atoms with Gasteiger partial charge in [0.15, 0.2) is 126 Å². The van der Waals surface area contributed by atoms with E-state index in [2.05, 4.69) is 9.97 Å². The molecular formula is C78H59F31N10O16S2. The highest BCUT2D eigenvalue weighted by atomic mass is 32.1. The number of carbonyl (C=O) groups is 16. The van der Waals surface area contributed by atoms with Crippen LogP contribution >= 0.6 is 22.7 Å². The zero-order chi connectivity index (χ0) is 106. The number of aromatic nitrogens is 2. The average Bonchev–Trinajstić information content (AvgIpc) is 1.51. The van der Waals surface area contributed by atoms with Crippen molar-refractivity contribution in [1.29, 1.82) is 0 Å². The van der Waals surface area contributed by atoms with Gasteiger partial charge >= 0.3 is 24.2 Å². The lowest BCUT2D eigenvalue weighted by molar-refractivity contribution is -0.174. The number of amides is 16. The molecule has 0 fully saturated rings. The molecule has 746 valence electrons. The number of imide groups is 8. The molecule has 0 saturated heterocycles. The van der Waals surface area contributed by atoms with Gasteiger partial charge in [-0.3, -0.25) is 119 Å². The van der Waals surface area contributed by atoms with E-state index in [1.165, 1.54) is 71.9 Å². The lowest BCUT2D eigenvalue weighted by atomic mass is 10.1. The number of halogens is 31. The molecular weight excluding hydrogens is 1990 g/mol. The molecule has 6 aromatic carbocycles. The summed E-state index contributed by atoms with van der Waals surface area (Å²) in [5, 5.41) is 14.3. The Hall–Kier alpha value is -14.5. The number of hydrogen-bond acceptors (Lipinski definition) is 20. The zero-order valence-electron chi connectivity index (χ0n) is 69.1. The molecule has 0 aliphatic rings. The Morgan fingerprint density at radius 1 is 0.255 bits per heavy atom. The van der Waals surface area contributed by atoms with Gasteiger partial charge in [0.05, 0.1) is 0 Å². The minimum atomic E-state index is -4.98. The molecule has 0 bridgehead atoms. The summed E-state index contributed by atoms with van der Waals surface area (Å²) in [5.74, 6) is -78.2. The zero-order valence-corrected chi connectivity index (χ0v) is 70.8. The van der Waals surface area contributed by atoms with E-state index in [1.807, 2.05) is 19.2 Å². The number of carbonyl (C=O) groups excluding carboxylic acids is 16.